The molecule has 0 spiro atoms. The maximum atomic E-state index is 13.0. The number of amides is 1. The normalized spacial score (nSPS) is 10.6. The topological polar surface area (TPSA) is 94.6 Å². The van der Waals surface area contributed by atoms with Gasteiger partial charge < -0.3 is 19.8 Å². The molecule has 2 heterocycles. The maximum Gasteiger partial charge on any atom is 0.292 e. The van der Waals surface area contributed by atoms with Gasteiger partial charge in [-0.25, -0.2) is 9.99 Å². The molecular formula is C20H23N5O3S. The SMILES string of the molecule is CCc1nc(C(=O)NN(C(N)=S)c2ccc3c(ccn3C)c2)c(OC)cc1OC. The summed E-state index contributed by atoms with van der Waals surface area (Å²) in [5.74, 6) is 0.347. The summed E-state index contributed by atoms with van der Waals surface area (Å²) in [5.41, 5.74) is 11.0. The lowest BCUT2D eigenvalue weighted by molar-refractivity contribution is 0.0946. The van der Waals surface area contributed by atoms with Crippen molar-refractivity contribution in [3.8, 4) is 11.5 Å². The number of hydrazine groups is 1. The fraction of sp³-hybridized carbons (Fsp3) is 0.250. The second-order valence-corrected chi connectivity index (χ2v) is 6.74. The summed E-state index contributed by atoms with van der Waals surface area (Å²) < 4.78 is 12.6. The first-order valence-electron chi connectivity index (χ1n) is 8.97. The van der Waals surface area contributed by atoms with Gasteiger partial charge in [0.05, 0.1) is 25.6 Å². The molecule has 9 heteroatoms. The number of ether oxygens (including phenoxy) is 2. The third-order valence-corrected chi connectivity index (χ3v) is 4.76. The lowest BCUT2D eigenvalue weighted by atomic mass is 10.2. The first-order valence-corrected chi connectivity index (χ1v) is 9.38. The van der Waals surface area contributed by atoms with Crippen LogP contribution in [-0.2, 0) is 13.5 Å². The number of rotatable bonds is 5. The van der Waals surface area contributed by atoms with Crippen LogP contribution in [0.4, 0.5) is 5.69 Å². The van der Waals surface area contributed by atoms with Crippen LogP contribution in [0.1, 0.15) is 23.1 Å². The predicted octanol–water partition coefficient (Wildman–Crippen LogP) is 2.55. The zero-order valence-corrected chi connectivity index (χ0v) is 17.5. The standard InChI is InChI=1S/C20H23N5O3S/c1-5-14-16(27-3)11-17(28-4)18(22-14)19(26)23-25(20(21)29)13-6-7-15-12(10-13)8-9-24(15)2/h6-11H,5H2,1-4H3,(H2,21,29)(H,23,26). The van der Waals surface area contributed by atoms with E-state index in [1.807, 2.05) is 49.0 Å². The molecule has 2 aromatic heterocycles. The Morgan fingerprint density at radius 1 is 1.24 bits per heavy atom. The van der Waals surface area contributed by atoms with Gasteiger partial charge in [-0.2, -0.15) is 0 Å². The molecule has 0 aliphatic rings. The number of anilines is 1. The number of carbonyl (C=O) groups excluding carboxylic acids is 1. The third kappa shape index (κ3) is 3.95. The second kappa shape index (κ2) is 8.36. The third-order valence-electron chi connectivity index (χ3n) is 4.58. The number of fused-ring (bicyclic) bond motifs is 1. The lowest BCUT2D eigenvalue weighted by Crippen LogP contribution is -2.49. The number of thiocarbonyl (C=S) groups is 1. The van der Waals surface area contributed by atoms with E-state index in [0.29, 0.717) is 23.6 Å². The first kappa shape index (κ1) is 20.4. The van der Waals surface area contributed by atoms with E-state index in [-0.39, 0.29) is 16.6 Å². The highest BCUT2D eigenvalue weighted by Crippen LogP contribution is 2.27. The van der Waals surface area contributed by atoms with Crippen LogP contribution < -0.4 is 25.6 Å². The molecule has 0 aliphatic heterocycles. The minimum Gasteiger partial charge on any atom is -0.495 e. The number of nitrogens with one attached hydrogen (secondary N) is 1. The largest absolute Gasteiger partial charge is 0.495 e. The predicted molar refractivity (Wildman–Crippen MR) is 116 cm³/mol. The molecule has 3 aromatic rings. The van der Waals surface area contributed by atoms with Crippen LogP contribution in [-0.4, -0.2) is 34.8 Å². The Bertz CT molecular complexity index is 1080. The van der Waals surface area contributed by atoms with Crippen molar-refractivity contribution in [3.05, 3.63) is 47.9 Å². The van der Waals surface area contributed by atoms with Crippen LogP contribution >= 0.6 is 12.2 Å². The van der Waals surface area contributed by atoms with Gasteiger partial charge in [-0.3, -0.25) is 10.2 Å². The lowest BCUT2D eigenvalue weighted by Gasteiger charge is -2.24. The van der Waals surface area contributed by atoms with E-state index in [4.69, 9.17) is 27.4 Å². The molecule has 0 saturated carbocycles. The molecule has 0 bridgehead atoms. The van der Waals surface area contributed by atoms with Crippen LogP contribution in [0.15, 0.2) is 36.5 Å². The van der Waals surface area contributed by atoms with Crippen molar-refractivity contribution in [1.82, 2.24) is 15.0 Å². The summed E-state index contributed by atoms with van der Waals surface area (Å²) in [4.78, 5) is 17.4. The Kier molecular flexibility index (Phi) is 5.88. The highest BCUT2D eigenvalue weighted by atomic mass is 32.1. The summed E-state index contributed by atoms with van der Waals surface area (Å²) >= 11 is 5.16. The number of benzene rings is 1. The molecule has 1 amide bonds. The van der Waals surface area contributed by atoms with Gasteiger partial charge in [-0.1, -0.05) is 6.92 Å². The van der Waals surface area contributed by atoms with Crippen molar-refractivity contribution in [1.29, 1.82) is 0 Å². The summed E-state index contributed by atoms with van der Waals surface area (Å²) in [6.07, 6.45) is 2.55. The van der Waals surface area contributed by atoms with E-state index in [1.54, 1.807) is 13.2 Å². The van der Waals surface area contributed by atoms with Gasteiger partial charge in [0, 0.05) is 30.2 Å². The van der Waals surface area contributed by atoms with Crippen molar-refractivity contribution < 1.29 is 14.3 Å². The average Bonchev–Trinajstić information content (AvgIpc) is 3.10. The Labute approximate surface area is 174 Å². The van der Waals surface area contributed by atoms with Gasteiger partial charge in [-0.05, 0) is 42.9 Å². The number of carbonyl (C=O) groups is 1. The van der Waals surface area contributed by atoms with E-state index in [0.717, 1.165) is 10.9 Å². The van der Waals surface area contributed by atoms with E-state index < -0.39 is 5.91 Å². The van der Waals surface area contributed by atoms with Crippen LogP contribution in [0.25, 0.3) is 10.9 Å². The van der Waals surface area contributed by atoms with Crippen molar-refractivity contribution in [2.75, 3.05) is 19.2 Å². The van der Waals surface area contributed by atoms with Crippen molar-refractivity contribution in [2.24, 2.45) is 12.8 Å². The van der Waals surface area contributed by atoms with Gasteiger partial charge in [0.15, 0.2) is 16.6 Å². The number of nitrogens with two attached hydrogens (primary N) is 1. The number of hydrogen-bond acceptors (Lipinski definition) is 5. The van der Waals surface area contributed by atoms with Gasteiger partial charge in [0.25, 0.3) is 5.91 Å². The van der Waals surface area contributed by atoms with Crippen LogP contribution in [0, 0.1) is 0 Å². The number of hydrogen-bond donors (Lipinski definition) is 2. The molecule has 0 saturated heterocycles. The minimum atomic E-state index is -0.500. The van der Waals surface area contributed by atoms with Gasteiger partial charge in [-0.15, -0.1) is 0 Å². The number of methoxy groups -OCH3 is 2. The Morgan fingerprint density at radius 2 is 1.97 bits per heavy atom. The molecule has 0 aliphatic carbocycles. The van der Waals surface area contributed by atoms with E-state index >= 15 is 0 Å². The Hall–Kier alpha value is -3.33. The highest BCUT2D eigenvalue weighted by Gasteiger charge is 2.22. The van der Waals surface area contributed by atoms with Crippen molar-refractivity contribution in [3.63, 3.8) is 0 Å². The van der Waals surface area contributed by atoms with Gasteiger partial charge >= 0.3 is 0 Å². The number of pyridine rings is 1. The number of aryl methyl sites for hydroxylation is 2. The molecule has 8 nitrogen and oxygen atoms in total. The average molecular weight is 414 g/mol. The summed E-state index contributed by atoms with van der Waals surface area (Å²) in [6, 6.07) is 9.27. The minimum absolute atomic E-state index is 0.00294. The zero-order chi connectivity index (χ0) is 21.1. The zero-order valence-electron chi connectivity index (χ0n) is 16.7. The fourth-order valence-electron chi connectivity index (χ4n) is 3.07. The van der Waals surface area contributed by atoms with Crippen LogP contribution in [0.3, 0.4) is 0 Å². The molecule has 0 fully saturated rings. The highest BCUT2D eigenvalue weighted by molar-refractivity contribution is 7.80. The number of aromatic nitrogens is 2. The Morgan fingerprint density at radius 3 is 2.59 bits per heavy atom. The van der Waals surface area contributed by atoms with E-state index in [2.05, 4.69) is 10.4 Å². The smallest absolute Gasteiger partial charge is 0.292 e. The fourth-order valence-corrected chi connectivity index (χ4v) is 3.22. The molecule has 0 atom stereocenters. The molecule has 0 radical (unpaired) electrons. The van der Waals surface area contributed by atoms with Crippen molar-refractivity contribution >= 4 is 39.8 Å². The molecule has 0 unspecified atom stereocenters. The summed E-state index contributed by atoms with van der Waals surface area (Å²) in [7, 11) is 4.97. The summed E-state index contributed by atoms with van der Waals surface area (Å²) in [6.45, 7) is 1.93. The van der Waals surface area contributed by atoms with Crippen molar-refractivity contribution in [2.45, 2.75) is 13.3 Å². The van der Waals surface area contributed by atoms with Crippen LogP contribution in [0.5, 0.6) is 11.5 Å². The second-order valence-electron chi connectivity index (χ2n) is 6.33. The molecule has 3 rings (SSSR count). The molecule has 1 aromatic carbocycles. The monoisotopic (exact) mass is 413 g/mol. The van der Waals surface area contributed by atoms with Crippen LogP contribution in [0.2, 0.25) is 0 Å². The first-order chi connectivity index (χ1) is 13.9. The maximum absolute atomic E-state index is 13.0. The molecule has 3 N–H and O–H groups in total. The molecular weight excluding hydrogens is 390 g/mol. The quantitative estimate of drug-likeness (QED) is 0.490. The molecule has 152 valence electrons. The van der Waals surface area contributed by atoms with Gasteiger partial charge in [0.2, 0.25) is 0 Å². The number of nitrogens with zero attached hydrogens (tertiary/aromatic N) is 3. The summed E-state index contributed by atoms with van der Waals surface area (Å²) in [5, 5.41) is 2.34. The van der Waals surface area contributed by atoms with Gasteiger partial charge in [0.1, 0.15) is 5.75 Å². The van der Waals surface area contributed by atoms with E-state index in [1.165, 1.54) is 12.1 Å². The molecule has 29 heavy (non-hydrogen) atoms. The Balaban J connectivity index is 1.96. The van der Waals surface area contributed by atoms with E-state index in [9.17, 15) is 4.79 Å².